The van der Waals surface area contributed by atoms with E-state index in [1.54, 1.807) is 0 Å². The minimum Gasteiger partial charge on any atom is -0.368 e. The largest absolute Gasteiger partial charge is 0.368 e. The fourth-order valence-electron chi connectivity index (χ4n) is 2.30. The Labute approximate surface area is 96.8 Å². The Hall–Kier alpha value is -1.75. The summed E-state index contributed by atoms with van der Waals surface area (Å²) in [5.41, 5.74) is 2.18. The first-order valence-corrected chi connectivity index (χ1v) is 5.76. The second-order valence-electron chi connectivity index (χ2n) is 4.06. The van der Waals surface area contributed by atoms with Crippen molar-refractivity contribution in [1.29, 1.82) is 5.26 Å². The summed E-state index contributed by atoms with van der Waals surface area (Å²) in [6.07, 6.45) is 3.95. The summed E-state index contributed by atoms with van der Waals surface area (Å²) < 4.78 is 0. The zero-order chi connectivity index (χ0) is 11.4. The maximum Gasteiger partial charge on any atom is 0.0944 e. The topological polar surface area (TPSA) is 27.0 Å². The van der Waals surface area contributed by atoms with Gasteiger partial charge in [0, 0.05) is 30.3 Å². The van der Waals surface area contributed by atoms with E-state index in [0.717, 1.165) is 25.0 Å². The van der Waals surface area contributed by atoms with Crippen molar-refractivity contribution < 1.29 is 0 Å². The Balaban J connectivity index is 2.12. The minimum absolute atomic E-state index is 0.460. The Bertz CT molecular complexity index is 414. The summed E-state index contributed by atoms with van der Waals surface area (Å²) in [7, 11) is 0. The van der Waals surface area contributed by atoms with Gasteiger partial charge in [-0.2, -0.15) is 5.26 Å². The molecule has 0 saturated carbocycles. The number of nitrogens with zero attached hydrogens (tertiary/aromatic N) is 2. The molecule has 0 fully saturated rings. The summed E-state index contributed by atoms with van der Waals surface area (Å²) in [5, 5.41) is 8.87. The quantitative estimate of drug-likeness (QED) is 0.769. The average Bonchev–Trinajstić information content (AvgIpc) is 2.80. The van der Waals surface area contributed by atoms with Crippen LogP contribution in [0.5, 0.6) is 0 Å². The zero-order valence-electron chi connectivity index (χ0n) is 9.56. The van der Waals surface area contributed by atoms with Gasteiger partial charge in [-0.25, -0.2) is 0 Å². The number of benzene rings is 1. The lowest BCUT2D eigenvalue weighted by Gasteiger charge is -2.30. The lowest BCUT2D eigenvalue weighted by Crippen LogP contribution is -2.33. The third kappa shape index (κ3) is 2.09. The lowest BCUT2D eigenvalue weighted by molar-refractivity contribution is 0.635. The molecule has 0 amide bonds. The van der Waals surface area contributed by atoms with E-state index in [-0.39, 0.29) is 0 Å². The molecule has 0 bridgehead atoms. The molecule has 1 aliphatic carbocycles. The minimum atomic E-state index is 0.460. The van der Waals surface area contributed by atoms with E-state index in [0.29, 0.717) is 6.04 Å². The molecule has 16 heavy (non-hydrogen) atoms. The van der Waals surface area contributed by atoms with Gasteiger partial charge in [0.05, 0.1) is 6.07 Å². The standard InChI is InChI=1S/C14H16N2/c1-2-16(13-6-4-3-5-7-13)14-9-8-12(10-14)11-15/h3-8,14H,2,9-10H2,1H3. The summed E-state index contributed by atoms with van der Waals surface area (Å²) >= 11 is 0. The highest BCUT2D eigenvalue weighted by molar-refractivity contribution is 5.48. The maximum absolute atomic E-state index is 8.87. The van der Waals surface area contributed by atoms with E-state index >= 15 is 0 Å². The van der Waals surface area contributed by atoms with E-state index in [2.05, 4.69) is 48.2 Å². The van der Waals surface area contributed by atoms with Crippen molar-refractivity contribution in [1.82, 2.24) is 0 Å². The van der Waals surface area contributed by atoms with Gasteiger partial charge in [-0.05, 0) is 25.5 Å². The summed E-state index contributed by atoms with van der Waals surface area (Å²) in [6, 6.07) is 13.1. The molecule has 1 atom stereocenters. The molecule has 1 aromatic rings. The highest BCUT2D eigenvalue weighted by atomic mass is 15.2. The van der Waals surface area contributed by atoms with Gasteiger partial charge >= 0.3 is 0 Å². The molecular formula is C14H16N2. The summed E-state index contributed by atoms with van der Waals surface area (Å²) in [6.45, 7) is 3.15. The Morgan fingerprint density at radius 3 is 2.69 bits per heavy atom. The van der Waals surface area contributed by atoms with Crippen molar-refractivity contribution in [3.63, 3.8) is 0 Å². The molecule has 1 aromatic carbocycles. The number of para-hydroxylation sites is 1. The fraction of sp³-hybridized carbons (Fsp3) is 0.357. The van der Waals surface area contributed by atoms with E-state index in [1.165, 1.54) is 5.69 Å². The molecule has 0 heterocycles. The molecule has 1 aliphatic rings. The normalized spacial score (nSPS) is 19.0. The first-order valence-electron chi connectivity index (χ1n) is 5.76. The van der Waals surface area contributed by atoms with Gasteiger partial charge in [-0.15, -0.1) is 0 Å². The van der Waals surface area contributed by atoms with Crippen LogP contribution in [0.2, 0.25) is 0 Å². The predicted molar refractivity (Wildman–Crippen MR) is 66.2 cm³/mol. The van der Waals surface area contributed by atoms with E-state index in [1.807, 2.05) is 6.07 Å². The first-order chi connectivity index (χ1) is 7.85. The Morgan fingerprint density at radius 1 is 1.38 bits per heavy atom. The summed E-state index contributed by atoms with van der Waals surface area (Å²) in [4.78, 5) is 2.38. The van der Waals surface area contributed by atoms with Crippen LogP contribution >= 0.6 is 0 Å². The Kier molecular flexibility index (Phi) is 3.26. The third-order valence-corrected chi connectivity index (χ3v) is 3.10. The van der Waals surface area contributed by atoms with Crippen molar-refractivity contribution in [2.75, 3.05) is 11.4 Å². The van der Waals surface area contributed by atoms with E-state index < -0.39 is 0 Å². The van der Waals surface area contributed by atoms with Gasteiger partial charge in [0.2, 0.25) is 0 Å². The molecule has 0 N–H and O–H groups in total. The second kappa shape index (κ2) is 4.85. The van der Waals surface area contributed by atoms with Gasteiger partial charge in [0.1, 0.15) is 0 Å². The number of anilines is 1. The second-order valence-corrected chi connectivity index (χ2v) is 4.06. The third-order valence-electron chi connectivity index (χ3n) is 3.10. The molecule has 2 rings (SSSR count). The SMILES string of the molecule is CCN(c1ccccc1)C1CC=C(C#N)C1. The van der Waals surface area contributed by atoms with Crippen LogP contribution in [0.3, 0.4) is 0 Å². The van der Waals surface area contributed by atoms with Crippen LogP contribution < -0.4 is 4.90 Å². The molecular weight excluding hydrogens is 196 g/mol. The highest BCUT2D eigenvalue weighted by Crippen LogP contribution is 2.27. The first kappa shape index (κ1) is 10.8. The number of hydrogen-bond acceptors (Lipinski definition) is 2. The molecule has 0 radical (unpaired) electrons. The fourth-order valence-corrected chi connectivity index (χ4v) is 2.30. The number of nitriles is 1. The van der Waals surface area contributed by atoms with Crippen molar-refractivity contribution >= 4 is 5.69 Å². The monoisotopic (exact) mass is 212 g/mol. The molecule has 82 valence electrons. The van der Waals surface area contributed by atoms with Gasteiger partial charge < -0.3 is 4.90 Å². The van der Waals surface area contributed by atoms with Gasteiger partial charge in [0.15, 0.2) is 0 Å². The molecule has 0 saturated heterocycles. The number of rotatable bonds is 3. The van der Waals surface area contributed by atoms with Crippen LogP contribution in [-0.2, 0) is 0 Å². The van der Waals surface area contributed by atoms with Gasteiger partial charge in [-0.3, -0.25) is 0 Å². The van der Waals surface area contributed by atoms with Crippen LogP contribution in [0.15, 0.2) is 42.0 Å². The molecule has 0 spiro atoms. The highest BCUT2D eigenvalue weighted by Gasteiger charge is 2.22. The molecule has 2 nitrogen and oxygen atoms in total. The van der Waals surface area contributed by atoms with E-state index in [4.69, 9.17) is 5.26 Å². The molecule has 1 unspecified atom stereocenters. The molecule has 2 heteroatoms. The van der Waals surface area contributed by atoms with Crippen molar-refractivity contribution in [3.8, 4) is 6.07 Å². The van der Waals surface area contributed by atoms with E-state index in [9.17, 15) is 0 Å². The van der Waals surface area contributed by atoms with Crippen LogP contribution in [0.1, 0.15) is 19.8 Å². The number of hydrogen-bond donors (Lipinski definition) is 0. The van der Waals surface area contributed by atoms with Crippen LogP contribution in [0, 0.1) is 11.3 Å². The zero-order valence-corrected chi connectivity index (χ0v) is 9.56. The van der Waals surface area contributed by atoms with Crippen molar-refractivity contribution in [2.45, 2.75) is 25.8 Å². The molecule has 0 aliphatic heterocycles. The van der Waals surface area contributed by atoms with Crippen LogP contribution in [-0.4, -0.2) is 12.6 Å². The van der Waals surface area contributed by atoms with Crippen LogP contribution in [0.25, 0.3) is 0 Å². The smallest absolute Gasteiger partial charge is 0.0944 e. The maximum atomic E-state index is 8.87. The lowest BCUT2D eigenvalue weighted by atomic mass is 10.1. The Morgan fingerprint density at radius 2 is 2.12 bits per heavy atom. The van der Waals surface area contributed by atoms with Crippen LogP contribution in [0.4, 0.5) is 5.69 Å². The summed E-state index contributed by atoms with van der Waals surface area (Å²) in [5.74, 6) is 0. The predicted octanol–water partition coefficient (Wildman–Crippen LogP) is 3.13. The van der Waals surface area contributed by atoms with Gasteiger partial charge in [-0.1, -0.05) is 24.3 Å². The van der Waals surface area contributed by atoms with Crippen molar-refractivity contribution in [3.05, 3.63) is 42.0 Å². The average molecular weight is 212 g/mol. The molecule has 0 aromatic heterocycles. The van der Waals surface area contributed by atoms with Gasteiger partial charge in [0.25, 0.3) is 0 Å². The van der Waals surface area contributed by atoms with Crippen molar-refractivity contribution in [2.24, 2.45) is 0 Å².